The Kier molecular flexibility index (Phi) is 1.82. The fourth-order valence-corrected chi connectivity index (χ4v) is 0.974. The number of likely N-dealkylation sites (tertiary alicyclic amines) is 1. The van der Waals surface area contributed by atoms with Crippen LogP contribution in [0.5, 0.6) is 0 Å². The summed E-state index contributed by atoms with van der Waals surface area (Å²) in [6.07, 6.45) is -4.61. The molecule has 1 aliphatic rings. The largest absolute Gasteiger partial charge is 0.400 e. The third-order valence-electron chi connectivity index (χ3n) is 1.66. The number of amides is 1. The maximum absolute atomic E-state index is 11.9. The van der Waals surface area contributed by atoms with E-state index in [4.69, 9.17) is 0 Å². The van der Waals surface area contributed by atoms with Gasteiger partial charge in [0.2, 0.25) is 5.91 Å². The first-order valence-corrected chi connectivity index (χ1v) is 3.09. The molecule has 1 fully saturated rings. The highest BCUT2D eigenvalue weighted by Crippen LogP contribution is 2.35. The van der Waals surface area contributed by atoms with Crippen LogP contribution in [0.15, 0.2) is 0 Å². The number of rotatable bonds is 0. The smallest absolute Gasteiger partial charge is 0.340 e. The van der Waals surface area contributed by atoms with Crippen LogP contribution in [0.4, 0.5) is 13.2 Å². The molecular formula is C6H7F3NO. The van der Waals surface area contributed by atoms with Crippen LogP contribution in [0.2, 0.25) is 0 Å². The third kappa shape index (κ3) is 1.46. The maximum Gasteiger partial charge on any atom is 0.400 e. The van der Waals surface area contributed by atoms with E-state index in [-0.39, 0.29) is 6.42 Å². The minimum absolute atomic E-state index is 0.223. The molecule has 2 nitrogen and oxygen atoms in total. The number of carbonyl (C=O) groups excluding carboxylic acids is 1. The molecule has 0 spiro atoms. The quantitative estimate of drug-likeness (QED) is 0.529. The summed E-state index contributed by atoms with van der Waals surface area (Å²) in [5.41, 5.74) is 0. The Labute approximate surface area is 62.0 Å². The molecule has 0 aromatic rings. The first kappa shape index (κ1) is 8.36. The van der Waals surface area contributed by atoms with Gasteiger partial charge in [-0.3, -0.25) is 4.79 Å². The van der Waals surface area contributed by atoms with Gasteiger partial charge < -0.3 is 4.90 Å². The Morgan fingerprint density at radius 2 is 2.18 bits per heavy atom. The normalized spacial score (nSPS) is 26.4. The van der Waals surface area contributed by atoms with Gasteiger partial charge in [-0.15, -0.1) is 0 Å². The monoisotopic (exact) mass is 166 g/mol. The van der Waals surface area contributed by atoms with Crippen molar-refractivity contribution in [1.82, 2.24) is 4.90 Å². The van der Waals surface area contributed by atoms with Gasteiger partial charge in [-0.05, 0) is 6.42 Å². The van der Waals surface area contributed by atoms with Gasteiger partial charge in [0.25, 0.3) is 0 Å². The van der Waals surface area contributed by atoms with Gasteiger partial charge in [-0.25, -0.2) is 0 Å². The molecule has 1 aliphatic heterocycles. The van der Waals surface area contributed by atoms with Gasteiger partial charge in [0.15, 0.2) is 0 Å². The average molecular weight is 166 g/mol. The van der Waals surface area contributed by atoms with Crippen LogP contribution in [-0.4, -0.2) is 24.0 Å². The van der Waals surface area contributed by atoms with Gasteiger partial charge >= 0.3 is 6.18 Å². The van der Waals surface area contributed by atoms with Gasteiger partial charge in [-0.1, -0.05) is 0 Å². The Bertz CT molecular complexity index is 177. The number of hydrogen-bond donors (Lipinski definition) is 0. The molecule has 11 heavy (non-hydrogen) atoms. The van der Waals surface area contributed by atoms with Crippen molar-refractivity contribution < 1.29 is 18.0 Å². The lowest BCUT2D eigenvalue weighted by Gasteiger charge is -2.12. The van der Waals surface area contributed by atoms with Crippen LogP contribution in [0.1, 0.15) is 6.42 Å². The molecule has 0 aliphatic carbocycles. The zero-order chi connectivity index (χ0) is 8.65. The maximum atomic E-state index is 11.9. The van der Waals surface area contributed by atoms with E-state index in [0.29, 0.717) is 0 Å². The van der Waals surface area contributed by atoms with E-state index in [1.54, 1.807) is 0 Å². The summed E-state index contributed by atoms with van der Waals surface area (Å²) in [5.74, 6) is -2.68. The zero-order valence-electron chi connectivity index (χ0n) is 5.85. The summed E-state index contributed by atoms with van der Waals surface area (Å²) in [6.45, 7) is 1.25. The van der Waals surface area contributed by atoms with Crippen molar-refractivity contribution in [3.8, 4) is 0 Å². The van der Waals surface area contributed by atoms with Crippen LogP contribution < -0.4 is 0 Å². The molecule has 5 heteroatoms. The molecule has 1 atom stereocenters. The van der Waals surface area contributed by atoms with Crippen LogP contribution in [0.3, 0.4) is 0 Å². The van der Waals surface area contributed by atoms with Gasteiger partial charge in [0, 0.05) is 7.05 Å². The lowest BCUT2D eigenvalue weighted by Crippen LogP contribution is -2.31. The van der Waals surface area contributed by atoms with Crippen molar-refractivity contribution in [2.45, 2.75) is 12.6 Å². The first-order chi connectivity index (χ1) is 4.93. The Morgan fingerprint density at radius 1 is 1.64 bits per heavy atom. The summed E-state index contributed by atoms with van der Waals surface area (Å²) < 4.78 is 35.8. The Morgan fingerprint density at radius 3 is 2.36 bits per heavy atom. The fourth-order valence-electron chi connectivity index (χ4n) is 0.974. The second-order valence-corrected chi connectivity index (χ2v) is 2.46. The topological polar surface area (TPSA) is 20.3 Å². The molecule has 0 saturated carbocycles. The summed E-state index contributed by atoms with van der Waals surface area (Å²) in [7, 11) is 1.33. The van der Waals surface area contributed by atoms with Crippen molar-refractivity contribution in [2.75, 3.05) is 7.05 Å². The van der Waals surface area contributed by atoms with E-state index >= 15 is 0 Å². The molecule has 1 unspecified atom stereocenters. The lowest BCUT2D eigenvalue weighted by atomic mass is 10.1. The molecular weight excluding hydrogens is 159 g/mol. The van der Waals surface area contributed by atoms with Crippen LogP contribution >= 0.6 is 0 Å². The average Bonchev–Trinajstić information content (AvgIpc) is 2.11. The predicted octanol–water partition coefficient (Wildman–Crippen LogP) is 1.19. The van der Waals surface area contributed by atoms with E-state index in [9.17, 15) is 18.0 Å². The van der Waals surface area contributed by atoms with Crippen molar-refractivity contribution in [3.63, 3.8) is 0 Å². The molecule has 1 heterocycles. The molecule has 1 rings (SSSR count). The molecule has 0 bridgehead atoms. The van der Waals surface area contributed by atoms with Gasteiger partial charge in [0.1, 0.15) is 5.92 Å². The van der Waals surface area contributed by atoms with E-state index < -0.39 is 18.0 Å². The summed E-state index contributed by atoms with van der Waals surface area (Å²) in [5, 5.41) is 0. The Balaban J connectivity index is 2.70. The summed E-state index contributed by atoms with van der Waals surface area (Å²) in [4.78, 5) is 11.7. The van der Waals surface area contributed by atoms with E-state index in [0.717, 1.165) is 4.90 Å². The summed E-state index contributed by atoms with van der Waals surface area (Å²) in [6, 6.07) is 0. The minimum atomic E-state index is -4.39. The lowest BCUT2D eigenvalue weighted by molar-refractivity contribution is -0.180. The van der Waals surface area contributed by atoms with Crippen molar-refractivity contribution in [2.24, 2.45) is 5.92 Å². The highest BCUT2D eigenvalue weighted by Gasteiger charge is 2.49. The highest BCUT2D eigenvalue weighted by molar-refractivity contribution is 5.82. The number of hydrogen-bond acceptors (Lipinski definition) is 1. The van der Waals surface area contributed by atoms with Crippen molar-refractivity contribution in [1.29, 1.82) is 0 Å². The predicted molar refractivity (Wildman–Crippen MR) is 31.2 cm³/mol. The van der Waals surface area contributed by atoms with Crippen LogP contribution in [0, 0.1) is 12.5 Å². The highest BCUT2D eigenvalue weighted by atomic mass is 19.4. The number of carbonyl (C=O) groups is 1. The van der Waals surface area contributed by atoms with Crippen molar-refractivity contribution >= 4 is 5.91 Å². The van der Waals surface area contributed by atoms with E-state index in [1.165, 1.54) is 13.6 Å². The van der Waals surface area contributed by atoms with Crippen LogP contribution in [0.25, 0.3) is 0 Å². The molecule has 0 aromatic carbocycles. The van der Waals surface area contributed by atoms with Crippen molar-refractivity contribution in [3.05, 3.63) is 6.54 Å². The van der Waals surface area contributed by atoms with E-state index in [1.807, 2.05) is 0 Å². The second kappa shape index (κ2) is 2.39. The number of halogens is 3. The van der Waals surface area contributed by atoms with Gasteiger partial charge in [0.05, 0.1) is 6.54 Å². The molecule has 1 saturated heterocycles. The minimum Gasteiger partial charge on any atom is -0.340 e. The molecule has 1 amide bonds. The number of nitrogens with zero attached hydrogens (tertiary/aromatic N) is 1. The summed E-state index contributed by atoms with van der Waals surface area (Å²) >= 11 is 0. The first-order valence-electron chi connectivity index (χ1n) is 3.09. The fraction of sp³-hybridized carbons (Fsp3) is 0.667. The standard InChI is InChI=1S/C6H7F3NO/c1-10-3-2-4(5(10)11)6(7,8)9/h3-4H,2H2,1H3. The van der Waals surface area contributed by atoms with Gasteiger partial charge in [-0.2, -0.15) is 13.2 Å². The Hall–Kier alpha value is -0.740. The zero-order valence-corrected chi connectivity index (χ0v) is 5.85. The molecule has 0 aromatic heterocycles. The molecule has 1 radical (unpaired) electrons. The number of alkyl halides is 3. The van der Waals surface area contributed by atoms with Crippen LogP contribution in [-0.2, 0) is 4.79 Å². The molecule has 63 valence electrons. The third-order valence-corrected chi connectivity index (χ3v) is 1.66. The second-order valence-electron chi connectivity index (χ2n) is 2.46. The van der Waals surface area contributed by atoms with E-state index in [2.05, 4.69) is 0 Å². The SMILES string of the molecule is CN1[CH]CC(C(F)(F)F)C1=O. The molecule has 0 N–H and O–H groups in total.